The molecular formula is C12H19FN4O2. The Morgan fingerprint density at radius 3 is 2.58 bits per heavy atom. The zero-order valence-electron chi connectivity index (χ0n) is 11.1. The van der Waals surface area contributed by atoms with Crippen LogP contribution in [0, 0.1) is 5.95 Å². The van der Waals surface area contributed by atoms with Crippen molar-refractivity contribution in [2.45, 2.75) is 0 Å². The molecule has 0 saturated carbocycles. The maximum absolute atomic E-state index is 13.8. The molecule has 2 heterocycles. The fraction of sp³-hybridized carbons (Fsp3) is 0.500. The number of aromatic nitrogens is 1. The van der Waals surface area contributed by atoms with Gasteiger partial charge in [0, 0.05) is 40.3 Å². The summed E-state index contributed by atoms with van der Waals surface area (Å²) in [5, 5.41) is 12.6. The lowest BCUT2D eigenvalue weighted by Crippen LogP contribution is -2.44. The number of aliphatic hydroxyl groups is 1. The van der Waals surface area contributed by atoms with Gasteiger partial charge in [-0.05, 0) is 12.1 Å². The van der Waals surface area contributed by atoms with E-state index in [0.717, 1.165) is 33.3 Å². The molecule has 3 N–H and O–H groups in total. The summed E-state index contributed by atoms with van der Waals surface area (Å²) in [6.45, 7) is 3.16. The maximum Gasteiger partial charge on any atom is 0.269 e. The number of nitrogens with one attached hydrogen (secondary N) is 2. The van der Waals surface area contributed by atoms with Crippen LogP contribution in [0.15, 0.2) is 12.1 Å². The minimum absolute atomic E-state index is 0.101. The number of hydrogen-bond acceptors (Lipinski definition) is 5. The van der Waals surface area contributed by atoms with Gasteiger partial charge in [-0.2, -0.15) is 4.39 Å². The summed E-state index contributed by atoms with van der Waals surface area (Å²) in [4.78, 5) is 16.9. The van der Waals surface area contributed by atoms with Crippen LogP contribution in [0.25, 0.3) is 0 Å². The summed E-state index contributed by atoms with van der Waals surface area (Å²) in [6, 6.07) is 3.15. The zero-order chi connectivity index (χ0) is 14.3. The van der Waals surface area contributed by atoms with Gasteiger partial charge in [-0.15, -0.1) is 0 Å². The van der Waals surface area contributed by atoms with Gasteiger partial charge in [0.1, 0.15) is 5.69 Å². The van der Waals surface area contributed by atoms with Crippen molar-refractivity contribution in [2.24, 2.45) is 0 Å². The van der Waals surface area contributed by atoms with Gasteiger partial charge in [-0.3, -0.25) is 4.79 Å². The summed E-state index contributed by atoms with van der Waals surface area (Å²) in [7, 11) is 2.49. The average Bonchev–Trinajstić information content (AvgIpc) is 2.49. The van der Waals surface area contributed by atoms with Crippen LogP contribution in [-0.2, 0) is 0 Å². The van der Waals surface area contributed by atoms with Crippen LogP contribution in [0.2, 0.25) is 0 Å². The normalized spacial score (nSPS) is 14.4. The van der Waals surface area contributed by atoms with E-state index in [1.807, 2.05) is 4.90 Å². The molecule has 0 radical (unpaired) electrons. The molecule has 0 aliphatic carbocycles. The van der Waals surface area contributed by atoms with Crippen molar-refractivity contribution in [1.29, 1.82) is 0 Å². The fourth-order valence-electron chi connectivity index (χ4n) is 1.82. The molecule has 1 fully saturated rings. The molecule has 1 amide bonds. The number of nitrogens with zero attached hydrogens (tertiary/aromatic N) is 2. The first-order chi connectivity index (χ1) is 9.22. The van der Waals surface area contributed by atoms with Gasteiger partial charge in [-0.1, -0.05) is 0 Å². The van der Waals surface area contributed by atoms with Crippen LogP contribution in [0.1, 0.15) is 10.5 Å². The summed E-state index contributed by atoms with van der Waals surface area (Å²) in [5.41, 5.74) is 0.558. The standard InChI is InChI=1S/C11H15FN4O.CH4O/c1-13-11(17)8-2-3-9(10(12)15-8)16-6-4-14-5-7-16;1-2/h2-3,14H,4-7H2,1H3,(H,13,17);2H,1H3. The van der Waals surface area contributed by atoms with Crippen LogP contribution in [0.4, 0.5) is 10.1 Å². The average molecular weight is 270 g/mol. The molecule has 19 heavy (non-hydrogen) atoms. The number of piperazine rings is 1. The zero-order valence-corrected chi connectivity index (χ0v) is 11.1. The molecule has 1 aromatic heterocycles. The number of halogens is 1. The predicted octanol–water partition coefficient (Wildman–Crippen LogP) is -0.402. The Balaban J connectivity index is 0.000000861. The quantitative estimate of drug-likeness (QED) is 0.637. The lowest BCUT2D eigenvalue weighted by molar-refractivity contribution is 0.0957. The largest absolute Gasteiger partial charge is 0.400 e. The summed E-state index contributed by atoms with van der Waals surface area (Å²) >= 11 is 0. The number of pyridine rings is 1. The molecule has 0 atom stereocenters. The van der Waals surface area contributed by atoms with E-state index in [0.29, 0.717) is 5.69 Å². The van der Waals surface area contributed by atoms with Crippen molar-refractivity contribution in [2.75, 3.05) is 45.2 Å². The topological polar surface area (TPSA) is 77.5 Å². The van der Waals surface area contributed by atoms with E-state index >= 15 is 0 Å². The van der Waals surface area contributed by atoms with Gasteiger partial charge in [-0.25, -0.2) is 4.98 Å². The Morgan fingerprint density at radius 2 is 2.05 bits per heavy atom. The van der Waals surface area contributed by atoms with Crippen molar-refractivity contribution in [1.82, 2.24) is 15.6 Å². The molecule has 0 spiro atoms. The first kappa shape index (κ1) is 15.3. The van der Waals surface area contributed by atoms with Crippen LogP contribution >= 0.6 is 0 Å². The molecule has 106 valence electrons. The van der Waals surface area contributed by atoms with Crippen LogP contribution in [0.5, 0.6) is 0 Å². The Morgan fingerprint density at radius 1 is 1.42 bits per heavy atom. The molecule has 7 heteroatoms. The number of anilines is 1. The highest BCUT2D eigenvalue weighted by atomic mass is 19.1. The third-order valence-corrected chi connectivity index (χ3v) is 2.75. The number of rotatable bonds is 2. The van der Waals surface area contributed by atoms with E-state index in [9.17, 15) is 9.18 Å². The van der Waals surface area contributed by atoms with Crippen LogP contribution in [0.3, 0.4) is 0 Å². The third kappa shape index (κ3) is 3.87. The van der Waals surface area contributed by atoms with Gasteiger partial charge in [0.2, 0.25) is 5.95 Å². The van der Waals surface area contributed by atoms with E-state index < -0.39 is 5.95 Å². The highest BCUT2D eigenvalue weighted by Gasteiger charge is 2.17. The molecule has 1 saturated heterocycles. The van der Waals surface area contributed by atoms with Gasteiger partial charge in [0.05, 0.1) is 5.69 Å². The Bertz CT molecular complexity index is 422. The minimum atomic E-state index is -0.590. The number of amides is 1. The molecule has 1 aromatic rings. The summed E-state index contributed by atoms with van der Waals surface area (Å²) < 4.78 is 13.8. The van der Waals surface area contributed by atoms with Crippen LogP contribution in [-0.4, -0.2) is 56.3 Å². The molecule has 1 aliphatic heterocycles. The Labute approximate surface area is 111 Å². The van der Waals surface area contributed by atoms with Gasteiger partial charge >= 0.3 is 0 Å². The predicted molar refractivity (Wildman–Crippen MR) is 70.8 cm³/mol. The molecule has 0 bridgehead atoms. The van der Waals surface area contributed by atoms with E-state index in [-0.39, 0.29) is 11.6 Å². The molecule has 1 aliphatic rings. The second kappa shape index (κ2) is 7.65. The Kier molecular flexibility index (Phi) is 6.17. The van der Waals surface area contributed by atoms with Gasteiger partial charge in [0.25, 0.3) is 5.91 Å². The summed E-state index contributed by atoms with van der Waals surface area (Å²) in [5.74, 6) is -0.969. The van der Waals surface area contributed by atoms with E-state index in [1.165, 1.54) is 7.05 Å². The SMILES string of the molecule is CNC(=O)c1ccc(N2CCNCC2)c(F)n1.CO. The highest BCUT2D eigenvalue weighted by molar-refractivity contribution is 5.92. The van der Waals surface area contributed by atoms with Gasteiger partial charge < -0.3 is 20.6 Å². The fourth-order valence-corrected chi connectivity index (χ4v) is 1.82. The molecule has 0 aromatic carbocycles. The number of carbonyl (C=O) groups is 1. The van der Waals surface area contributed by atoms with Crippen molar-refractivity contribution in [3.05, 3.63) is 23.8 Å². The van der Waals surface area contributed by atoms with Crippen LogP contribution < -0.4 is 15.5 Å². The van der Waals surface area contributed by atoms with Crippen molar-refractivity contribution in [3.63, 3.8) is 0 Å². The number of carbonyl (C=O) groups excluding carboxylic acids is 1. The monoisotopic (exact) mass is 270 g/mol. The van der Waals surface area contributed by atoms with Crippen molar-refractivity contribution in [3.8, 4) is 0 Å². The first-order valence-electron chi connectivity index (χ1n) is 6.01. The van der Waals surface area contributed by atoms with E-state index in [1.54, 1.807) is 12.1 Å². The molecule has 0 unspecified atom stereocenters. The first-order valence-corrected chi connectivity index (χ1v) is 6.01. The lowest BCUT2D eigenvalue weighted by Gasteiger charge is -2.29. The number of hydrogen-bond donors (Lipinski definition) is 3. The van der Waals surface area contributed by atoms with Gasteiger partial charge in [0.15, 0.2) is 0 Å². The smallest absolute Gasteiger partial charge is 0.269 e. The van der Waals surface area contributed by atoms with Crippen molar-refractivity contribution < 1.29 is 14.3 Å². The second-order valence-electron chi connectivity index (χ2n) is 3.82. The molecule has 6 nitrogen and oxygen atoms in total. The van der Waals surface area contributed by atoms with Crippen molar-refractivity contribution >= 4 is 11.6 Å². The third-order valence-electron chi connectivity index (χ3n) is 2.75. The Hall–Kier alpha value is -1.73. The maximum atomic E-state index is 13.8. The van der Waals surface area contributed by atoms with E-state index in [2.05, 4.69) is 15.6 Å². The van der Waals surface area contributed by atoms with E-state index in [4.69, 9.17) is 5.11 Å². The lowest BCUT2D eigenvalue weighted by atomic mass is 10.2. The summed E-state index contributed by atoms with van der Waals surface area (Å²) in [6.07, 6.45) is 0. The molecular weight excluding hydrogens is 251 g/mol. The highest BCUT2D eigenvalue weighted by Crippen LogP contribution is 2.18. The number of aliphatic hydroxyl groups excluding tert-OH is 1. The molecule has 2 rings (SSSR count). The minimum Gasteiger partial charge on any atom is -0.400 e. The second-order valence-corrected chi connectivity index (χ2v) is 3.82.